The van der Waals surface area contributed by atoms with Crippen molar-refractivity contribution in [3.8, 4) is 0 Å². The van der Waals surface area contributed by atoms with Gasteiger partial charge in [0.2, 0.25) is 0 Å². The third-order valence-electron chi connectivity index (χ3n) is 14.4. The lowest BCUT2D eigenvalue weighted by Crippen LogP contribution is -2.50. The minimum absolute atomic E-state index is 0.0886. The van der Waals surface area contributed by atoms with Gasteiger partial charge < -0.3 is 9.64 Å². The summed E-state index contributed by atoms with van der Waals surface area (Å²) in [5, 5.41) is 0. The third-order valence-corrected chi connectivity index (χ3v) is 14.4. The number of piperidine rings is 3. The Morgan fingerprint density at radius 3 is 2.55 bits per heavy atom. The molecule has 3 aliphatic heterocycles. The maximum atomic E-state index is 13.0. The fourth-order valence-corrected chi connectivity index (χ4v) is 11.7. The fourth-order valence-electron chi connectivity index (χ4n) is 11.7. The SMILES string of the molecule is CCC(CCCC1CCC2C3CC=C4CC(OC(=O)CC5CN6CCC5CC6)CCC4(C)C3CCC12C)C(C)C. The zero-order chi connectivity index (χ0) is 28.1. The smallest absolute Gasteiger partial charge is 0.306 e. The topological polar surface area (TPSA) is 29.5 Å². The molecule has 4 aliphatic carbocycles. The predicted octanol–water partition coefficient (Wildman–Crippen LogP) is 9.06. The molecule has 0 aromatic carbocycles. The van der Waals surface area contributed by atoms with E-state index in [9.17, 15) is 4.79 Å². The molecule has 9 unspecified atom stereocenters. The summed E-state index contributed by atoms with van der Waals surface area (Å²) < 4.78 is 6.21. The second-order valence-corrected chi connectivity index (χ2v) is 16.4. The number of rotatable bonds is 9. The zero-order valence-corrected chi connectivity index (χ0v) is 26.8. The molecule has 3 nitrogen and oxygen atoms in total. The number of hydrogen-bond acceptors (Lipinski definition) is 3. The second-order valence-electron chi connectivity index (χ2n) is 16.4. The van der Waals surface area contributed by atoms with Crippen molar-refractivity contribution < 1.29 is 9.53 Å². The number of esters is 1. The molecule has 7 rings (SSSR count). The van der Waals surface area contributed by atoms with Crippen LogP contribution in [0.1, 0.15) is 131 Å². The first-order valence-electron chi connectivity index (χ1n) is 17.8. The van der Waals surface area contributed by atoms with Crippen LogP contribution in [0.5, 0.6) is 0 Å². The van der Waals surface area contributed by atoms with E-state index in [-0.39, 0.29) is 12.1 Å². The van der Waals surface area contributed by atoms with Crippen LogP contribution in [0.3, 0.4) is 0 Å². The zero-order valence-electron chi connectivity index (χ0n) is 26.8. The molecule has 0 spiro atoms. The van der Waals surface area contributed by atoms with Crippen LogP contribution in [0.4, 0.5) is 0 Å². The molecule has 7 aliphatic rings. The van der Waals surface area contributed by atoms with E-state index < -0.39 is 0 Å². The minimum atomic E-state index is 0.0886. The van der Waals surface area contributed by atoms with Gasteiger partial charge in [-0.3, -0.25) is 4.79 Å². The second kappa shape index (κ2) is 11.7. The summed E-state index contributed by atoms with van der Waals surface area (Å²) in [6.45, 7) is 16.1. The number of nitrogens with zero attached hydrogens (tertiary/aromatic N) is 1. The highest BCUT2D eigenvalue weighted by Gasteiger charge is 2.58. The fraction of sp³-hybridized carbons (Fsp3) is 0.919. The number of allylic oxidation sites excluding steroid dienone is 1. The summed E-state index contributed by atoms with van der Waals surface area (Å²) in [4.78, 5) is 15.6. The van der Waals surface area contributed by atoms with Gasteiger partial charge in [-0.2, -0.15) is 0 Å². The lowest BCUT2D eigenvalue weighted by Gasteiger charge is -2.58. The maximum absolute atomic E-state index is 13.0. The molecule has 0 amide bonds. The van der Waals surface area contributed by atoms with Crippen molar-refractivity contribution in [3.63, 3.8) is 0 Å². The lowest BCUT2D eigenvalue weighted by atomic mass is 9.47. The van der Waals surface area contributed by atoms with Crippen LogP contribution in [0.25, 0.3) is 0 Å². The van der Waals surface area contributed by atoms with Crippen molar-refractivity contribution in [2.45, 2.75) is 137 Å². The Morgan fingerprint density at radius 1 is 1.05 bits per heavy atom. The molecule has 0 aromatic rings. The highest BCUT2D eigenvalue weighted by molar-refractivity contribution is 5.70. The number of ether oxygens (including phenoxy) is 1. The van der Waals surface area contributed by atoms with E-state index in [4.69, 9.17) is 4.74 Å². The summed E-state index contributed by atoms with van der Waals surface area (Å²) >= 11 is 0. The van der Waals surface area contributed by atoms with E-state index in [0.29, 0.717) is 23.2 Å². The predicted molar refractivity (Wildman–Crippen MR) is 165 cm³/mol. The largest absolute Gasteiger partial charge is 0.462 e. The monoisotopic (exact) mass is 551 g/mol. The Labute approximate surface area is 246 Å². The maximum Gasteiger partial charge on any atom is 0.306 e. The van der Waals surface area contributed by atoms with E-state index in [1.807, 2.05) is 0 Å². The van der Waals surface area contributed by atoms with E-state index in [2.05, 4.69) is 45.6 Å². The molecule has 9 atom stereocenters. The van der Waals surface area contributed by atoms with Crippen molar-refractivity contribution in [1.82, 2.24) is 4.90 Å². The van der Waals surface area contributed by atoms with Crippen molar-refractivity contribution in [2.75, 3.05) is 19.6 Å². The van der Waals surface area contributed by atoms with E-state index in [0.717, 1.165) is 60.8 Å². The Morgan fingerprint density at radius 2 is 1.85 bits per heavy atom. The van der Waals surface area contributed by atoms with Crippen molar-refractivity contribution in [1.29, 1.82) is 0 Å². The standard InChI is InChI=1S/C37H61NO2/c1-6-26(25(2)3)8-7-9-29-11-13-33-32-12-10-30-23-31(14-18-37(30,5)34(32)15-19-36(29,33)4)40-35(39)22-28-24-38-20-16-27(28)17-21-38/h10,25-29,31-34H,6-9,11-24H2,1-5H3. The van der Waals surface area contributed by atoms with Gasteiger partial charge in [-0.05, 0) is 135 Å². The Kier molecular flexibility index (Phi) is 8.55. The molecule has 3 heteroatoms. The highest BCUT2D eigenvalue weighted by atomic mass is 16.5. The van der Waals surface area contributed by atoms with Gasteiger partial charge in [-0.15, -0.1) is 0 Å². The Bertz CT molecular complexity index is 932. The number of carbonyl (C=O) groups excluding carboxylic acids is 1. The van der Waals surface area contributed by atoms with Gasteiger partial charge in [0, 0.05) is 19.4 Å². The number of carbonyl (C=O) groups is 1. The minimum Gasteiger partial charge on any atom is -0.462 e. The first kappa shape index (κ1) is 29.3. The van der Waals surface area contributed by atoms with Gasteiger partial charge >= 0.3 is 5.97 Å². The van der Waals surface area contributed by atoms with Gasteiger partial charge in [-0.1, -0.05) is 65.5 Å². The van der Waals surface area contributed by atoms with E-state index in [1.54, 1.807) is 5.57 Å². The Balaban J connectivity index is 1.05. The first-order valence-corrected chi connectivity index (χ1v) is 17.8. The van der Waals surface area contributed by atoms with Crippen LogP contribution >= 0.6 is 0 Å². The molecule has 6 fully saturated rings. The van der Waals surface area contributed by atoms with E-state index in [1.165, 1.54) is 90.1 Å². The van der Waals surface area contributed by atoms with Crippen molar-refractivity contribution in [2.24, 2.45) is 58.2 Å². The van der Waals surface area contributed by atoms with Crippen LogP contribution in [0.15, 0.2) is 11.6 Å². The Hall–Kier alpha value is -0.830. The number of fused-ring (bicyclic) bond motifs is 8. The molecule has 40 heavy (non-hydrogen) atoms. The average Bonchev–Trinajstić information content (AvgIpc) is 3.28. The van der Waals surface area contributed by atoms with Crippen LogP contribution < -0.4 is 0 Å². The molecule has 2 bridgehead atoms. The molecular weight excluding hydrogens is 490 g/mol. The lowest BCUT2D eigenvalue weighted by molar-refractivity contribution is -0.154. The van der Waals surface area contributed by atoms with Crippen molar-refractivity contribution >= 4 is 5.97 Å². The van der Waals surface area contributed by atoms with Gasteiger partial charge in [0.05, 0.1) is 0 Å². The molecular formula is C37H61NO2. The van der Waals surface area contributed by atoms with Gasteiger partial charge in [0.25, 0.3) is 0 Å². The summed E-state index contributed by atoms with van der Waals surface area (Å²) in [5.74, 6) is 6.73. The summed E-state index contributed by atoms with van der Waals surface area (Å²) in [7, 11) is 0. The van der Waals surface area contributed by atoms with Crippen LogP contribution in [0.2, 0.25) is 0 Å². The molecule has 0 N–H and O–H groups in total. The summed E-state index contributed by atoms with van der Waals surface area (Å²) in [6.07, 6.45) is 22.1. The summed E-state index contributed by atoms with van der Waals surface area (Å²) in [5.41, 5.74) is 2.56. The normalized spacial score (nSPS) is 44.9. The quantitative estimate of drug-likeness (QED) is 0.211. The van der Waals surface area contributed by atoms with Gasteiger partial charge in [0.15, 0.2) is 0 Å². The van der Waals surface area contributed by atoms with Gasteiger partial charge in [-0.25, -0.2) is 0 Å². The van der Waals surface area contributed by atoms with E-state index >= 15 is 0 Å². The molecule has 3 saturated carbocycles. The third kappa shape index (κ3) is 5.37. The van der Waals surface area contributed by atoms with Crippen LogP contribution in [-0.4, -0.2) is 36.6 Å². The average molecular weight is 552 g/mol. The molecule has 0 radical (unpaired) electrons. The van der Waals surface area contributed by atoms with Crippen LogP contribution in [0, 0.1) is 58.2 Å². The molecule has 3 heterocycles. The number of hydrogen-bond donors (Lipinski definition) is 0. The molecule has 0 aromatic heterocycles. The molecule has 3 saturated heterocycles. The highest BCUT2D eigenvalue weighted by Crippen LogP contribution is 2.67. The van der Waals surface area contributed by atoms with Gasteiger partial charge in [0.1, 0.15) is 6.10 Å². The molecule has 226 valence electrons. The van der Waals surface area contributed by atoms with Crippen LogP contribution in [-0.2, 0) is 9.53 Å². The van der Waals surface area contributed by atoms with Crippen molar-refractivity contribution in [3.05, 3.63) is 11.6 Å². The summed E-state index contributed by atoms with van der Waals surface area (Å²) in [6, 6.07) is 0. The first-order chi connectivity index (χ1) is 19.2.